The van der Waals surface area contributed by atoms with Crippen LogP contribution in [0.4, 0.5) is 4.39 Å². The van der Waals surface area contributed by atoms with E-state index in [4.69, 9.17) is 12.2 Å². The third-order valence-corrected chi connectivity index (χ3v) is 5.63. The van der Waals surface area contributed by atoms with E-state index < -0.39 is 0 Å². The van der Waals surface area contributed by atoms with Gasteiger partial charge in [0.1, 0.15) is 5.82 Å². The molecule has 0 amide bonds. The van der Waals surface area contributed by atoms with Crippen LogP contribution in [0.2, 0.25) is 0 Å². The maximum atomic E-state index is 14.4. The standard InChI is InChI=1S/C21H21FN4S/c1-13-12-15(14(2)26(13)18-10-5-4-8-16(18)22)20-19(24-21(27)25(20)3)17-9-6-7-11-23-17/h4-12,19-20H,1-3H3,(H,24,27)/t19-,20+/m0/s1. The number of aryl methyl sites for hydroxylation is 1. The Balaban J connectivity index is 1.84. The quantitative estimate of drug-likeness (QED) is 0.690. The largest absolute Gasteiger partial charge is 0.352 e. The van der Waals surface area contributed by atoms with Crippen LogP contribution >= 0.6 is 12.2 Å². The van der Waals surface area contributed by atoms with Crippen molar-refractivity contribution in [2.24, 2.45) is 0 Å². The molecule has 4 rings (SSSR count). The van der Waals surface area contributed by atoms with Gasteiger partial charge in [-0.3, -0.25) is 4.98 Å². The fourth-order valence-corrected chi connectivity index (χ4v) is 4.18. The van der Waals surface area contributed by atoms with Gasteiger partial charge in [-0.15, -0.1) is 0 Å². The molecule has 0 aliphatic carbocycles. The minimum absolute atomic E-state index is 0.0147. The van der Waals surface area contributed by atoms with Gasteiger partial charge in [0, 0.05) is 24.6 Å². The van der Waals surface area contributed by atoms with Gasteiger partial charge in [-0.1, -0.05) is 18.2 Å². The molecule has 0 radical (unpaired) electrons. The highest BCUT2D eigenvalue weighted by Crippen LogP contribution is 2.40. The predicted octanol–water partition coefficient (Wildman–Crippen LogP) is 4.23. The van der Waals surface area contributed by atoms with Gasteiger partial charge >= 0.3 is 0 Å². The second-order valence-electron chi connectivity index (χ2n) is 6.85. The van der Waals surface area contributed by atoms with E-state index in [0.717, 1.165) is 22.6 Å². The minimum atomic E-state index is -0.236. The fraction of sp³-hybridized carbons (Fsp3) is 0.238. The number of rotatable bonds is 3. The van der Waals surface area contributed by atoms with Crippen molar-refractivity contribution in [3.05, 3.63) is 83.2 Å². The lowest BCUT2D eigenvalue weighted by Crippen LogP contribution is -2.25. The number of hydrogen-bond donors (Lipinski definition) is 1. The molecule has 3 heterocycles. The van der Waals surface area contributed by atoms with Gasteiger partial charge in [0.05, 0.1) is 23.5 Å². The first-order valence-electron chi connectivity index (χ1n) is 8.87. The molecule has 0 spiro atoms. The Bertz CT molecular complexity index is 999. The molecule has 1 N–H and O–H groups in total. The molecule has 2 atom stereocenters. The number of halogens is 1. The lowest BCUT2D eigenvalue weighted by Gasteiger charge is -2.24. The average Bonchev–Trinajstić information content (AvgIpc) is 3.12. The minimum Gasteiger partial charge on any atom is -0.352 e. The number of nitrogens with one attached hydrogen (secondary N) is 1. The van der Waals surface area contributed by atoms with E-state index >= 15 is 0 Å². The van der Waals surface area contributed by atoms with Crippen molar-refractivity contribution in [1.82, 2.24) is 19.8 Å². The molecule has 1 aliphatic heterocycles. The molecule has 4 nitrogen and oxygen atoms in total. The second kappa shape index (κ2) is 6.78. The number of thiocarbonyl (C=S) groups is 1. The Morgan fingerprint density at radius 2 is 1.85 bits per heavy atom. The summed E-state index contributed by atoms with van der Waals surface area (Å²) < 4.78 is 16.4. The topological polar surface area (TPSA) is 33.1 Å². The first kappa shape index (κ1) is 17.7. The van der Waals surface area contributed by atoms with E-state index in [9.17, 15) is 4.39 Å². The first-order valence-corrected chi connectivity index (χ1v) is 9.28. The van der Waals surface area contributed by atoms with Gasteiger partial charge in [-0.25, -0.2) is 4.39 Å². The van der Waals surface area contributed by atoms with E-state index in [1.165, 1.54) is 6.07 Å². The molecule has 1 aromatic carbocycles. The van der Waals surface area contributed by atoms with Gasteiger partial charge in [0.25, 0.3) is 0 Å². The smallest absolute Gasteiger partial charge is 0.169 e. The van der Waals surface area contributed by atoms with Gasteiger partial charge < -0.3 is 14.8 Å². The van der Waals surface area contributed by atoms with Crippen LogP contribution in [-0.2, 0) is 0 Å². The SMILES string of the molecule is Cc1cc([C@@H]2[C@H](c3ccccn3)NC(=S)N2C)c(C)n1-c1ccccc1F. The van der Waals surface area contributed by atoms with Crippen molar-refractivity contribution in [3.8, 4) is 5.69 Å². The second-order valence-corrected chi connectivity index (χ2v) is 7.24. The van der Waals surface area contributed by atoms with Crippen molar-refractivity contribution >= 4 is 17.3 Å². The summed E-state index contributed by atoms with van der Waals surface area (Å²) in [6, 6.07) is 14.8. The zero-order chi connectivity index (χ0) is 19.1. The average molecular weight is 380 g/mol. The number of likely N-dealkylation sites (N-methyl/N-ethyl adjacent to an activating group) is 1. The lowest BCUT2D eigenvalue weighted by molar-refractivity contribution is 0.367. The lowest BCUT2D eigenvalue weighted by atomic mass is 9.97. The molecule has 1 aliphatic rings. The fourth-order valence-electron chi connectivity index (χ4n) is 3.94. The Morgan fingerprint density at radius 1 is 1.11 bits per heavy atom. The number of aromatic nitrogens is 2. The van der Waals surface area contributed by atoms with Crippen molar-refractivity contribution in [2.45, 2.75) is 25.9 Å². The zero-order valence-corrected chi connectivity index (χ0v) is 16.3. The maximum absolute atomic E-state index is 14.4. The van der Waals surface area contributed by atoms with Crippen LogP contribution < -0.4 is 5.32 Å². The van der Waals surface area contributed by atoms with E-state index in [1.54, 1.807) is 18.3 Å². The predicted molar refractivity (Wildman–Crippen MR) is 108 cm³/mol. The number of nitrogens with zero attached hydrogens (tertiary/aromatic N) is 3. The third-order valence-electron chi connectivity index (χ3n) is 5.22. The number of benzene rings is 1. The van der Waals surface area contributed by atoms with Crippen LogP contribution in [0.15, 0.2) is 54.7 Å². The van der Waals surface area contributed by atoms with Crippen molar-refractivity contribution in [3.63, 3.8) is 0 Å². The van der Waals surface area contributed by atoms with Crippen LogP contribution in [0.3, 0.4) is 0 Å². The van der Waals surface area contributed by atoms with E-state index in [2.05, 4.69) is 21.3 Å². The molecule has 27 heavy (non-hydrogen) atoms. The van der Waals surface area contributed by atoms with Crippen LogP contribution in [0, 0.1) is 19.7 Å². The van der Waals surface area contributed by atoms with Crippen molar-refractivity contribution < 1.29 is 4.39 Å². The highest BCUT2D eigenvalue weighted by Gasteiger charge is 2.39. The Morgan fingerprint density at radius 3 is 2.56 bits per heavy atom. The normalized spacial score (nSPS) is 19.4. The Labute approximate surface area is 163 Å². The third kappa shape index (κ3) is 2.90. The first-order chi connectivity index (χ1) is 13.0. The van der Waals surface area contributed by atoms with E-state index in [-0.39, 0.29) is 17.9 Å². The van der Waals surface area contributed by atoms with Gasteiger partial charge in [-0.2, -0.15) is 0 Å². The Kier molecular flexibility index (Phi) is 4.44. The van der Waals surface area contributed by atoms with Gasteiger partial charge in [0.2, 0.25) is 0 Å². The van der Waals surface area contributed by atoms with Crippen molar-refractivity contribution in [1.29, 1.82) is 0 Å². The highest BCUT2D eigenvalue weighted by molar-refractivity contribution is 7.80. The Hall–Kier alpha value is -2.73. The molecule has 6 heteroatoms. The molecule has 1 fully saturated rings. The van der Waals surface area contributed by atoms with E-state index in [1.807, 2.05) is 49.7 Å². The molecule has 0 unspecified atom stereocenters. The molecule has 0 bridgehead atoms. The maximum Gasteiger partial charge on any atom is 0.169 e. The summed E-state index contributed by atoms with van der Waals surface area (Å²) in [6.07, 6.45) is 1.79. The van der Waals surface area contributed by atoms with Crippen LogP contribution in [0.5, 0.6) is 0 Å². The summed E-state index contributed by atoms with van der Waals surface area (Å²) in [5.41, 5.74) is 4.59. The summed E-state index contributed by atoms with van der Waals surface area (Å²) in [4.78, 5) is 6.58. The summed E-state index contributed by atoms with van der Waals surface area (Å²) in [5.74, 6) is -0.236. The molecule has 1 saturated heterocycles. The molecular formula is C21H21FN4S. The summed E-state index contributed by atoms with van der Waals surface area (Å²) in [5, 5.41) is 4.07. The number of pyridine rings is 1. The number of hydrogen-bond acceptors (Lipinski definition) is 2. The van der Waals surface area contributed by atoms with Crippen LogP contribution in [-0.4, -0.2) is 26.6 Å². The van der Waals surface area contributed by atoms with Crippen LogP contribution in [0.1, 0.15) is 34.7 Å². The molecule has 138 valence electrons. The summed E-state index contributed by atoms with van der Waals surface area (Å²) in [7, 11) is 1.98. The van der Waals surface area contributed by atoms with Gasteiger partial charge in [-0.05, 0) is 62.0 Å². The zero-order valence-electron chi connectivity index (χ0n) is 15.5. The summed E-state index contributed by atoms with van der Waals surface area (Å²) >= 11 is 5.51. The summed E-state index contributed by atoms with van der Waals surface area (Å²) in [6.45, 7) is 4.03. The van der Waals surface area contributed by atoms with E-state index in [0.29, 0.717) is 10.8 Å². The molecular weight excluding hydrogens is 359 g/mol. The highest BCUT2D eigenvalue weighted by atomic mass is 32.1. The molecule has 3 aromatic rings. The molecule has 2 aromatic heterocycles. The monoisotopic (exact) mass is 380 g/mol. The van der Waals surface area contributed by atoms with Crippen molar-refractivity contribution in [2.75, 3.05) is 7.05 Å². The molecule has 0 saturated carbocycles. The number of para-hydroxylation sites is 1. The van der Waals surface area contributed by atoms with Crippen LogP contribution in [0.25, 0.3) is 5.69 Å². The van der Waals surface area contributed by atoms with Gasteiger partial charge in [0.15, 0.2) is 5.11 Å².